The molecule has 2 aromatic rings. The lowest BCUT2D eigenvalue weighted by Crippen LogP contribution is -2.48. The van der Waals surface area contributed by atoms with Crippen LogP contribution in [0.1, 0.15) is 29.9 Å². The van der Waals surface area contributed by atoms with E-state index >= 15 is 0 Å². The maximum Gasteiger partial charge on any atom is 0.114 e. The van der Waals surface area contributed by atoms with Gasteiger partial charge in [0.1, 0.15) is 4.87 Å². The molecule has 1 saturated heterocycles. The normalized spacial score (nSPS) is 25.7. The molecule has 1 atom stereocenters. The molecule has 0 N–H and O–H groups in total. The molecule has 0 amide bonds. The molecule has 114 valence electrons. The number of thioether (sulfide) groups is 1. The van der Waals surface area contributed by atoms with Gasteiger partial charge in [-0.05, 0) is 42.2 Å². The van der Waals surface area contributed by atoms with E-state index < -0.39 is 0 Å². The van der Waals surface area contributed by atoms with Crippen molar-refractivity contribution >= 4 is 34.9 Å². The third-order valence-electron chi connectivity index (χ3n) is 5.07. The topological polar surface area (TPSA) is 3.24 Å². The Hall–Kier alpha value is -1.19. The van der Waals surface area contributed by atoms with E-state index in [1.54, 1.807) is 0 Å². The van der Waals surface area contributed by atoms with Crippen LogP contribution in [0, 0.1) is 6.92 Å². The van der Waals surface area contributed by atoms with Crippen LogP contribution >= 0.6 is 23.1 Å². The summed E-state index contributed by atoms with van der Waals surface area (Å²) in [4.78, 5) is 4.01. The van der Waals surface area contributed by atoms with Gasteiger partial charge in [-0.1, -0.05) is 37.6 Å². The molecule has 2 aliphatic heterocycles. The van der Waals surface area contributed by atoms with E-state index in [1.165, 1.54) is 27.4 Å². The van der Waals surface area contributed by atoms with E-state index in [0.717, 1.165) is 6.54 Å². The predicted octanol–water partition coefficient (Wildman–Crippen LogP) is 5.31. The van der Waals surface area contributed by atoms with Crippen molar-refractivity contribution in [1.29, 1.82) is 0 Å². The van der Waals surface area contributed by atoms with Crippen LogP contribution in [-0.2, 0) is 5.41 Å². The number of aryl methyl sites for hydroxylation is 1. The number of benzene rings is 1. The van der Waals surface area contributed by atoms with Crippen molar-refractivity contribution in [2.75, 3.05) is 17.2 Å². The monoisotopic (exact) mass is 327 g/mol. The maximum absolute atomic E-state index is 2.62. The van der Waals surface area contributed by atoms with E-state index in [1.807, 2.05) is 11.3 Å². The Morgan fingerprint density at radius 2 is 2.09 bits per heavy atom. The summed E-state index contributed by atoms with van der Waals surface area (Å²) in [7, 11) is 0. The molecule has 2 aliphatic rings. The minimum Gasteiger partial charge on any atom is -0.352 e. The molecule has 1 aromatic carbocycles. The second-order valence-corrected chi connectivity index (χ2v) is 8.99. The average molecular weight is 328 g/mol. The zero-order chi connectivity index (χ0) is 15.4. The highest BCUT2D eigenvalue weighted by Gasteiger charge is 2.58. The summed E-state index contributed by atoms with van der Waals surface area (Å²) in [5, 5.41) is 2.15. The van der Waals surface area contributed by atoms with Gasteiger partial charge in [-0.3, -0.25) is 0 Å². The molecular weight excluding hydrogens is 306 g/mol. The van der Waals surface area contributed by atoms with Crippen LogP contribution in [0.3, 0.4) is 0 Å². The molecule has 0 saturated carbocycles. The first-order chi connectivity index (χ1) is 10.5. The first-order valence-corrected chi connectivity index (χ1v) is 9.67. The lowest BCUT2D eigenvalue weighted by molar-refractivity contribution is 0.454. The predicted molar refractivity (Wildman–Crippen MR) is 100 cm³/mol. The molecule has 4 rings (SSSR count). The molecular formula is C19H21NS2. The summed E-state index contributed by atoms with van der Waals surface area (Å²) in [5.41, 5.74) is 4.39. The summed E-state index contributed by atoms with van der Waals surface area (Å²) in [6.45, 7) is 8.14. The van der Waals surface area contributed by atoms with E-state index in [4.69, 9.17) is 0 Å². The summed E-state index contributed by atoms with van der Waals surface area (Å²) in [5.74, 6) is 1.20. The fraction of sp³-hybridized carbons (Fsp3) is 0.368. The average Bonchev–Trinajstić information content (AvgIpc) is 3.17. The smallest absolute Gasteiger partial charge is 0.114 e. The number of thiophene rings is 1. The summed E-state index contributed by atoms with van der Waals surface area (Å²) in [6, 6.07) is 11.3. The fourth-order valence-corrected chi connectivity index (χ4v) is 6.04. The number of hydrogen-bond acceptors (Lipinski definition) is 3. The quantitative estimate of drug-likeness (QED) is 0.735. The van der Waals surface area contributed by atoms with Gasteiger partial charge in [0.15, 0.2) is 0 Å². The standard InChI is InChI=1S/C19H21NS2/c1-14-6-7-17-16(13-14)18(2,3)19(20(17)10-12-22-19)9-8-15-5-4-11-21-15/h4-9,11,13H,10,12H2,1-3H3/b9-8+. The second kappa shape index (κ2) is 4.90. The van der Waals surface area contributed by atoms with Gasteiger partial charge in [-0.25, -0.2) is 0 Å². The van der Waals surface area contributed by atoms with Crippen molar-refractivity contribution in [3.05, 3.63) is 57.8 Å². The van der Waals surface area contributed by atoms with Gasteiger partial charge in [0.25, 0.3) is 0 Å². The number of fused-ring (bicyclic) bond motifs is 3. The van der Waals surface area contributed by atoms with E-state index in [2.05, 4.69) is 85.3 Å². The fourth-order valence-electron chi connectivity index (χ4n) is 3.86. The second-order valence-electron chi connectivity index (χ2n) is 6.69. The zero-order valence-corrected chi connectivity index (χ0v) is 14.9. The van der Waals surface area contributed by atoms with Gasteiger partial charge in [0.2, 0.25) is 0 Å². The summed E-state index contributed by atoms with van der Waals surface area (Å²) < 4.78 is 0. The van der Waals surface area contributed by atoms with E-state index in [0.29, 0.717) is 0 Å². The van der Waals surface area contributed by atoms with Gasteiger partial charge in [0.05, 0.1) is 0 Å². The summed E-state index contributed by atoms with van der Waals surface area (Å²) in [6.07, 6.45) is 4.77. The molecule has 0 bridgehead atoms. The molecule has 1 unspecified atom stereocenters. The Morgan fingerprint density at radius 3 is 2.86 bits per heavy atom. The molecule has 1 nitrogen and oxygen atoms in total. The van der Waals surface area contributed by atoms with Crippen molar-refractivity contribution < 1.29 is 0 Å². The van der Waals surface area contributed by atoms with Crippen molar-refractivity contribution in [2.24, 2.45) is 0 Å². The van der Waals surface area contributed by atoms with Crippen molar-refractivity contribution in [1.82, 2.24) is 0 Å². The van der Waals surface area contributed by atoms with Crippen molar-refractivity contribution in [2.45, 2.75) is 31.1 Å². The zero-order valence-electron chi connectivity index (χ0n) is 13.3. The highest BCUT2D eigenvalue weighted by molar-refractivity contribution is 8.01. The molecule has 1 fully saturated rings. The van der Waals surface area contributed by atoms with Gasteiger partial charge >= 0.3 is 0 Å². The van der Waals surface area contributed by atoms with Crippen molar-refractivity contribution in [3.63, 3.8) is 0 Å². The number of hydrogen-bond donors (Lipinski definition) is 0. The Morgan fingerprint density at radius 1 is 1.23 bits per heavy atom. The molecule has 0 aliphatic carbocycles. The third kappa shape index (κ3) is 1.85. The minimum absolute atomic E-state index is 0.0487. The number of rotatable bonds is 2. The molecule has 0 radical (unpaired) electrons. The van der Waals surface area contributed by atoms with Crippen LogP contribution < -0.4 is 4.90 Å². The lowest BCUT2D eigenvalue weighted by Gasteiger charge is -2.40. The van der Waals surface area contributed by atoms with Crippen LogP contribution in [0.5, 0.6) is 0 Å². The van der Waals surface area contributed by atoms with Crippen LogP contribution in [0.15, 0.2) is 41.8 Å². The SMILES string of the molecule is Cc1ccc2c(c1)C(C)(C)C1(/C=C/c3cccs3)SCCN21. The number of anilines is 1. The van der Waals surface area contributed by atoms with E-state index in [9.17, 15) is 0 Å². The number of nitrogens with zero attached hydrogens (tertiary/aromatic N) is 1. The highest BCUT2D eigenvalue weighted by Crippen LogP contribution is 2.60. The Labute approximate surface area is 141 Å². The van der Waals surface area contributed by atoms with Crippen LogP contribution in [0.4, 0.5) is 5.69 Å². The first-order valence-electron chi connectivity index (χ1n) is 7.80. The van der Waals surface area contributed by atoms with Gasteiger partial charge in [-0.2, -0.15) is 0 Å². The molecule has 22 heavy (non-hydrogen) atoms. The molecule has 1 aromatic heterocycles. The Balaban J connectivity index is 1.85. The van der Waals surface area contributed by atoms with E-state index in [-0.39, 0.29) is 10.3 Å². The van der Waals surface area contributed by atoms with Crippen LogP contribution in [0.2, 0.25) is 0 Å². The van der Waals surface area contributed by atoms with Crippen molar-refractivity contribution in [3.8, 4) is 0 Å². The van der Waals surface area contributed by atoms with Gasteiger partial charge < -0.3 is 4.90 Å². The lowest BCUT2D eigenvalue weighted by atomic mass is 9.79. The first kappa shape index (κ1) is 14.4. The Kier molecular flexibility index (Phi) is 3.21. The largest absolute Gasteiger partial charge is 0.352 e. The van der Waals surface area contributed by atoms with Gasteiger partial charge in [0, 0.05) is 28.3 Å². The summed E-state index contributed by atoms with van der Waals surface area (Å²) >= 11 is 3.90. The minimum atomic E-state index is 0.0487. The van der Waals surface area contributed by atoms with Crippen LogP contribution in [0.25, 0.3) is 6.08 Å². The third-order valence-corrected chi connectivity index (χ3v) is 7.60. The molecule has 3 heteroatoms. The van der Waals surface area contributed by atoms with Gasteiger partial charge in [-0.15, -0.1) is 23.1 Å². The Bertz CT molecular complexity index is 730. The van der Waals surface area contributed by atoms with Crippen LogP contribution in [-0.4, -0.2) is 17.2 Å². The highest BCUT2D eigenvalue weighted by atomic mass is 32.2. The maximum atomic E-state index is 2.62. The molecule has 0 spiro atoms. The molecule has 3 heterocycles.